The molecule has 2 amide bonds. The molecule has 2 aromatic rings. The van der Waals surface area contributed by atoms with Crippen LogP contribution >= 0.6 is 0 Å². The van der Waals surface area contributed by atoms with Gasteiger partial charge in [0, 0.05) is 37.7 Å². The summed E-state index contributed by atoms with van der Waals surface area (Å²) < 4.78 is 14.4. The highest BCUT2D eigenvalue weighted by molar-refractivity contribution is 5.99. The Morgan fingerprint density at radius 1 is 1.07 bits per heavy atom. The number of anilines is 1. The molecule has 0 radical (unpaired) electrons. The third-order valence-corrected chi connectivity index (χ3v) is 5.76. The van der Waals surface area contributed by atoms with E-state index < -0.39 is 5.82 Å². The predicted octanol–water partition coefficient (Wildman–Crippen LogP) is 4.20. The number of rotatable bonds is 3. The molecule has 1 atom stereocenters. The van der Waals surface area contributed by atoms with Crippen LogP contribution in [0.4, 0.5) is 10.1 Å². The Balaban J connectivity index is 1.54. The summed E-state index contributed by atoms with van der Waals surface area (Å²) in [6.07, 6.45) is 2.17. The third-order valence-electron chi connectivity index (χ3n) is 5.76. The van der Waals surface area contributed by atoms with Crippen LogP contribution in [-0.2, 0) is 4.79 Å². The molecule has 0 aromatic heterocycles. The number of aryl methyl sites for hydroxylation is 2. The summed E-state index contributed by atoms with van der Waals surface area (Å²) in [4.78, 5) is 28.4. The molecule has 4 rings (SSSR count). The number of halogens is 1. The first-order chi connectivity index (χ1) is 13.4. The second kappa shape index (κ2) is 7.38. The molecule has 2 heterocycles. The number of carbonyl (C=O) groups excluding carboxylic acids is 2. The summed E-state index contributed by atoms with van der Waals surface area (Å²) in [5, 5.41) is 0. The topological polar surface area (TPSA) is 40.6 Å². The Kier molecular flexibility index (Phi) is 4.92. The Hall–Kier alpha value is -2.69. The predicted molar refractivity (Wildman–Crippen MR) is 107 cm³/mol. The average Bonchev–Trinajstić information content (AvgIpc) is 3.30. The van der Waals surface area contributed by atoms with Gasteiger partial charge in [0.25, 0.3) is 5.91 Å². The van der Waals surface area contributed by atoms with Crippen LogP contribution in [0.25, 0.3) is 0 Å². The van der Waals surface area contributed by atoms with E-state index in [1.54, 1.807) is 15.9 Å². The molecule has 0 N–H and O–H groups in total. The monoisotopic (exact) mass is 380 g/mol. The van der Waals surface area contributed by atoms with Crippen LogP contribution in [0.5, 0.6) is 0 Å². The number of hydrogen-bond donors (Lipinski definition) is 0. The van der Waals surface area contributed by atoms with Gasteiger partial charge in [0.05, 0.1) is 5.56 Å². The molecule has 28 heavy (non-hydrogen) atoms. The minimum atomic E-state index is -0.532. The highest BCUT2D eigenvalue weighted by atomic mass is 19.1. The highest BCUT2D eigenvalue weighted by Gasteiger charge is 2.30. The van der Waals surface area contributed by atoms with Gasteiger partial charge in [0.1, 0.15) is 5.82 Å². The van der Waals surface area contributed by atoms with E-state index in [0.717, 1.165) is 12.8 Å². The van der Waals surface area contributed by atoms with E-state index in [1.165, 1.54) is 28.8 Å². The van der Waals surface area contributed by atoms with Crippen LogP contribution in [-0.4, -0.2) is 36.3 Å². The zero-order chi connectivity index (χ0) is 19.8. The molecule has 2 aliphatic rings. The second-order valence-corrected chi connectivity index (χ2v) is 7.97. The number of carbonyl (C=O) groups is 2. The van der Waals surface area contributed by atoms with E-state index in [0.29, 0.717) is 31.7 Å². The lowest BCUT2D eigenvalue weighted by Gasteiger charge is -2.20. The van der Waals surface area contributed by atoms with E-state index in [1.807, 2.05) is 0 Å². The summed E-state index contributed by atoms with van der Waals surface area (Å²) in [6, 6.07) is 10.9. The highest BCUT2D eigenvalue weighted by Crippen LogP contribution is 2.31. The minimum Gasteiger partial charge on any atom is -0.338 e. The van der Waals surface area contributed by atoms with Crippen molar-refractivity contribution < 1.29 is 14.0 Å². The molecule has 0 bridgehead atoms. The molecule has 0 saturated carbocycles. The van der Waals surface area contributed by atoms with Crippen molar-refractivity contribution >= 4 is 17.5 Å². The molecule has 4 nitrogen and oxygen atoms in total. The fraction of sp³-hybridized carbons (Fsp3) is 0.391. The van der Waals surface area contributed by atoms with Gasteiger partial charge in [-0.25, -0.2) is 4.39 Å². The molecule has 2 fully saturated rings. The van der Waals surface area contributed by atoms with Gasteiger partial charge in [-0.15, -0.1) is 0 Å². The SMILES string of the molecule is Cc1cc(C)cc([C@H]2CCN(C(=O)c3cc(N4CCCC4=O)ccc3F)C2)c1. The van der Waals surface area contributed by atoms with Gasteiger partial charge in [-0.1, -0.05) is 29.3 Å². The summed E-state index contributed by atoms with van der Waals surface area (Å²) in [7, 11) is 0. The Bertz CT molecular complexity index is 920. The van der Waals surface area contributed by atoms with Crippen LogP contribution < -0.4 is 4.90 Å². The smallest absolute Gasteiger partial charge is 0.256 e. The van der Waals surface area contributed by atoms with Crippen molar-refractivity contribution in [1.29, 1.82) is 0 Å². The van der Waals surface area contributed by atoms with Gasteiger partial charge in [-0.3, -0.25) is 9.59 Å². The van der Waals surface area contributed by atoms with Crippen LogP contribution in [0.3, 0.4) is 0 Å². The van der Waals surface area contributed by atoms with Crippen molar-refractivity contribution in [2.75, 3.05) is 24.5 Å². The van der Waals surface area contributed by atoms with Gasteiger partial charge < -0.3 is 9.80 Å². The molecule has 146 valence electrons. The first-order valence-corrected chi connectivity index (χ1v) is 9.90. The fourth-order valence-corrected chi connectivity index (χ4v) is 4.40. The van der Waals surface area contributed by atoms with Crippen LogP contribution in [0, 0.1) is 19.7 Å². The molecular formula is C23H25FN2O2. The van der Waals surface area contributed by atoms with E-state index in [-0.39, 0.29) is 23.3 Å². The van der Waals surface area contributed by atoms with Crippen LogP contribution in [0.15, 0.2) is 36.4 Å². The first-order valence-electron chi connectivity index (χ1n) is 9.90. The van der Waals surface area contributed by atoms with Crippen molar-refractivity contribution in [3.05, 3.63) is 64.5 Å². The Labute approximate surface area is 164 Å². The molecule has 2 saturated heterocycles. The lowest BCUT2D eigenvalue weighted by atomic mass is 9.95. The molecule has 0 aliphatic carbocycles. The van der Waals surface area contributed by atoms with Crippen molar-refractivity contribution in [1.82, 2.24) is 4.90 Å². The zero-order valence-electron chi connectivity index (χ0n) is 16.4. The average molecular weight is 380 g/mol. The van der Waals surface area contributed by atoms with Gasteiger partial charge in [-0.05, 0) is 50.5 Å². The number of nitrogens with zero attached hydrogens (tertiary/aromatic N) is 2. The van der Waals surface area contributed by atoms with Gasteiger partial charge in [-0.2, -0.15) is 0 Å². The van der Waals surface area contributed by atoms with Crippen LogP contribution in [0.1, 0.15) is 52.2 Å². The minimum absolute atomic E-state index is 0.0288. The maximum Gasteiger partial charge on any atom is 0.256 e. The lowest BCUT2D eigenvalue weighted by molar-refractivity contribution is -0.117. The summed E-state index contributed by atoms with van der Waals surface area (Å²) in [5.41, 5.74) is 4.34. The fourth-order valence-electron chi connectivity index (χ4n) is 4.40. The van der Waals surface area contributed by atoms with Gasteiger partial charge in [0.15, 0.2) is 0 Å². The summed E-state index contributed by atoms with van der Waals surface area (Å²) in [6.45, 7) is 5.98. The molecule has 2 aliphatic heterocycles. The maximum absolute atomic E-state index is 14.4. The van der Waals surface area contributed by atoms with E-state index >= 15 is 0 Å². The number of benzene rings is 2. The van der Waals surface area contributed by atoms with Crippen molar-refractivity contribution in [2.24, 2.45) is 0 Å². The quantitative estimate of drug-likeness (QED) is 0.801. The standard InChI is InChI=1S/C23H25FN2O2/c1-15-10-16(2)12-18(11-15)17-7-9-25(14-17)23(28)20-13-19(5-6-21(20)24)26-8-3-4-22(26)27/h5-6,10-13,17H,3-4,7-9,14H2,1-2H3/t17-/m0/s1. The molecular weight excluding hydrogens is 355 g/mol. The molecule has 0 spiro atoms. The van der Waals surface area contributed by atoms with E-state index in [2.05, 4.69) is 32.0 Å². The van der Waals surface area contributed by atoms with Crippen molar-refractivity contribution in [2.45, 2.75) is 39.0 Å². The Morgan fingerprint density at radius 3 is 2.50 bits per heavy atom. The molecule has 2 aromatic carbocycles. The first kappa shape index (κ1) is 18.7. The molecule has 5 heteroatoms. The normalized spacial score (nSPS) is 19.5. The van der Waals surface area contributed by atoms with E-state index in [9.17, 15) is 14.0 Å². The van der Waals surface area contributed by atoms with Gasteiger partial charge in [0.2, 0.25) is 5.91 Å². The largest absolute Gasteiger partial charge is 0.338 e. The van der Waals surface area contributed by atoms with Crippen molar-refractivity contribution in [3.63, 3.8) is 0 Å². The van der Waals surface area contributed by atoms with E-state index in [4.69, 9.17) is 0 Å². The van der Waals surface area contributed by atoms with Crippen molar-refractivity contribution in [3.8, 4) is 0 Å². The third kappa shape index (κ3) is 3.53. The van der Waals surface area contributed by atoms with Gasteiger partial charge >= 0.3 is 0 Å². The number of likely N-dealkylation sites (tertiary alicyclic amines) is 1. The Morgan fingerprint density at radius 2 is 1.82 bits per heavy atom. The zero-order valence-corrected chi connectivity index (χ0v) is 16.4. The number of hydrogen-bond acceptors (Lipinski definition) is 2. The maximum atomic E-state index is 14.4. The number of amides is 2. The summed E-state index contributed by atoms with van der Waals surface area (Å²) >= 11 is 0. The molecule has 0 unspecified atom stereocenters. The second-order valence-electron chi connectivity index (χ2n) is 7.97. The lowest BCUT2D eigenvalue weighted by Crippen LogP contribution is -2.30. The summed E-state index contributed by atoms with van der Waals surface area (Å²) in [5.74, 6) is -0.525. The van der Waals surface area contributed by atoms with Crippen LogP contribution in [0.2, 0.25) is 0 Å².